The van der Waals surface area contributed by atoms with E-state index in [4.69, 9.17) is 0 Å². The summed E-state index contributed by atoms with van der Waals surface area (Å²) in [7, 11) is -3.75. The molecule has 0 amide bonds. The Hall–Kier alpha value is -2.41. The molecule has 1 aromatic heterocycles. The van der Waals surface area contributed by atoms with E-state index < -0.39 is 10.0 Å². The predicted molar refractivity (Wildman–Crippen MR) is 78.4 cm³/mol. The monoisotopic (exact) mass is 303 g/mol. The number of anilines is 1. The molecule has 3 rings (SSSR count). The SMILES string of the molecule is CCc1cccc(NS(=O)(=O)c2cccc3nonc23)c1. The Morgan fingerprint density at radius 3 is 2.76 bits per heavy atom. The number of nitrogens with zero attached hydrogens (tertiary/aromatic N) is 2. The molecule has 3 aromatic rings. The summed E-state index contributed by atoms with van der Waals surface area (Å²) in [6.45, 7) is 2.01. The van der Waals surface area contributed by atoms with Gasteiger partial charge in [-0.3, -0.25) is 4.72 Å². The fourth-order valence-electron chi connectivity index (χ4n) is 2.06. The third kappa shape index (κ3) is 2.59. The number of aromatic nitrogens is 2. The average molecular weight is 303 g/mol. The lowest BCUT2D eigenvalue weighted by Gasteiger charge is -2.09. The van der Waals surface area contributed by atoms with Crippen LogP contribution < -0.4 is 4.72 Å². The van der Waals surface area contributed by atoms with Gasteiger partial charge in [0.15, 0.2) is 5.52 Å². The van der Waals surface area contributed by atoms with E-state index >= 15 is 0 Å². The Morgan fingerprint density at radius 2 is 1.95 bits per heavy atom. The van der Waals surface area contributed by atoms with E-state index in [0.717, 1.165) is 12.0 Å². The first-order chi connectivity index (χ1) is 10.1. The summed E-state index contributed by atoms with van der Waals surface area (Å²) in [6, 6.07) is 12.0. The molecule has 0 radical (unpaired) electrons. The normalized spacial score (nSPS) is 11.7. The molecule has 21 heavy (non-hydrogen) atoms. The molecule has 0 aliphatic rings. The van der Waals surface area contributed by atoms with Gasteiger partial charge in [0.2, 0.25) is 0 Å². The summed E-state index contributed by atoms with van der Waals surface area (Å²) >= 11 is 0. The van der Waals surface area contributed by atoms with Gasteiger partial charge in [0.1, 0.15) is 10.4 Å². The maximum absolute atomic E-state index is 12.5. The molecule has 1 N–H and O–H groups in total. The Kier molecular flexibility index (Phi) is 3.34. The molecule has 0 saturated carbocycles. The van der Waals surface area contributed by atoms with Crippen LogP contribution in [0, 0.1) is 0 Å². The molecule has 0 aliphatic carbocycles. The highest BCUT2D eigenvalue weighted by Gasteiger charge is 2.20. The van der Waals surface area contributed by atoms with Crippen molar-refractivity contribution in [3.63, 3.8) is 0 Å². The summed E-state index contributed by atoms with van der Waals surface area (Å²) in [4.78, 5) is 0.0446. The molecule has 1 heterocycles. The minimum Gasteiger partial charge on any atom is -0.280 e. The van der Waals surface area contributed by atoms with Crippen molar-refractivity contribution >= 4 is 26.7 Å². The molecular weight excluding hydrogens is 290 g/mol. The molecular formula is C14H13N3O3S. The average Bonchev–Trinajstić information content (AvgIpc) is 2.95. The third-order valence-corrected chi connectivity index (χ3v) is 4.54. The predicted octanol–water partition coefficient (Wildman–Crippen LogP) is 2.59. The summed E-state index contributed by atoms with van der Waals surface area (Å²) in [6.07, 6.45) is 0.832. The summed E-state index contributed by atoms with van der Waals surface area (Å²) in [5.41, 5.74) is 2.19. The standard InChI is InChI=1S/C14H13N3O3S/c1-2-10-5-3-6-11(9-10)17-21(18,19)13-8-4-7-12-14(13)16-20-15-12/h3-9,17H,2H2,1H3. The number of sulfonamides is 1. The summed E-state index contributed by atoms with van der Waals surface area (Å²) in [5, 5.41) is 7.30. The van der Waals surface area contributed by atoms with Gasteiger partial charge in [0, 0.05) is 5.69 Å². The first kappa shape index (κ1) is 13.6. The van der Waals surface area contributed by atoms with Crippen molar-refractivity contribution < 1.29 is 13.0 Å². The molecule has 0 spiro atoms. The van der Waals surface area contributed by atoms with Gasteiger partial charge in [0.25, 0.3) is 10.0 Å². The lowest BCUT2D eigenvalue weighted by Crippen LogP contribution is -2.13. The van der Waals surface area contributed by atoms with Crippen LogP contribution in [-0.2, 0) is 16.4 Å². The number of hydrogen-bond donors (Lipinski definition) is 1. The van der Waals surface area contributed by atoms with Gasteiger partial charge in [-0.1, -0.05) is 25.1 Å². The van der Waals surface area contributed by atoms with Crippen molar-refractivity contribution in [1.82, 2.24) is 10.3 Å². The second-order valence-corrected chi connectivity index (χ2v) is 6.20. The van der Waals surface area contributed by atoms with Gasteiger partial charge in [-0.15, -0.1) is 0 Å². The van der Waals surface area contributed by atoms with E-state index in [1.807, 2.05) is 19.1 Å². The second-order valence-electron chi connectivity index (χ2n) is 4.55. The lowest BCUT2D eigenvalue weighted by atomic mass is 10.1. The molecule has 0 fully saturated rings. The van der Waals surface area contributed by atoms with Crippen molar-refractivity contribution in [2.24, 2.45) is 0 Å². The van der Waals surface area contributed by atoms with Crippen LogP contribution in [-0.4, -0.2) is 18.7 Å². The van der Waals surface area contributed by atoms with Gasteiger partial charge < -0.3 is 0 Å². The number of nitrogens with one attached hydrogen (secondary N) is 1. The van der Waals surface area contributed by atoms with Crippen LogP contribution in [0.25, 0.3) is 11.0 Å². The molecule has 108 valence electrons. The van der Waals surface area contributed by atoms with Crippen molar-refractivity contribution in [3.8, 4) is 0 Å². The largest absolute Gasteiger partial charge is 0.280 e. The number of benzene rings is 2. The number of rotatable bonds is 4. The summed E-state index contributed by atoms with van der Waals surface area (Å²) in [5.74, 6) is 0. The third-order valence-electron chi connectivity index (χ3n) is 3.13. The molecule has 0 atom stereocenters. The minimum absolute atomic E-state index is 0.0446. The zero-order valence-electron chi connectivity index (χ0n) is 11.3. The Morgan fingerprint density at radius 1 is 1.14 bits per heavy atom. The highest BCUT2D eigenvalue weighted by atomic mass is 32.2. The molecule has 6 nitrogen and oxygen atoms in total. The van der Waals surface area contributed by atoms with Gasteiger partial charge in [-0.25, -0.2) is 13.0 Å². The zero-order valence-corrected chi connectivity index (χ0v) is 12.1. The molecule has 7 heteroatoms. The fourth-order valence-corrected chi connectivity index (χ4v) is 3.26. The van der Waals surface area contributed by atoms with Crippen molar-refractivity contribution in [1.29, 1.82) is 0 Å². The molecule has 0 saturated heterocycles. The zero-order chi connectivity index (χ0) is 14.9. The van der Waals surface area contributed by atoms with E-state index in [1.54, 1.807) is 24.3 Å². The minimum atomic E-state index is -3.75. The van der Waals surface area contributed by atoms with Crippen LogP contribution in [0.4, 0.5) is 5.69 Å². The first-order valence-electron chi connectivity index (χ1n) is 6.43. The second kappa shape index (κ2) is 5.17. The smallest absolute Gasteiger partial charge is 0.264 e. The van der Waals surface area contributed by atoms with Gasteiger partial charge >= 0.3 is 0 Å². The molecule has 2 aromatic carbocycles. The van der Waals surface area contributed by atoms with E-state index in [9.17, 15) is 8.42 Å². The Balaban J connectivity index is 2.02. The maximum atomic E-state index is 12.5. The van der Waals surface area contributed by atoms with E-state index in [0.29, 0.717) is 11.2 Å². The summed E-state index contributed by atoms with van der Waals surface area (Å²) < 4.78 is 32.1. The van der Waals surface area contributed by atoms with Crippen LogP contribution in [0.5, 0.6) is 0 Å². The maximum Gasteiger partial charge on any atom is 0.264 e. The van der Waals surface area contributed by atoms with E-state index in [1.165, 1.54) is 6.07 Å². The number of fused-ring (bicyclic) bond motifs is 1. The molecule has 0 bridgehead atoms. The number of hydrogen-bond acceptors (Lipinski definition) is 5. The Bertz CT molecular complexity index is 887. The van der Waals surface area contributed by atoms with Crippen LogP contribution in [0.1, 0.15) is 12.5 Å². The Labute approximate surface area is 121 Å². The fraction of sp³-hybridized carbons (Fsp3) is 0.143. The topological polar surface area (TPSA) is 85.1 Å². The highest BCUT2D eigenvalue weighted by molar-refractivity contribution is 7.93. The molecule has 0 unspecified atom stereocenters. The van der Waals surface area contributed by atoms with Gasteiger partial charge in [0.05, 0.1) is 0 Å². The van der Waals surface area contributed by atoms with Gasteiger partial charge in [-0.05, 0) is 46.6 Å². The van der Waals surface area contributed by atoms with Crippen molar-refractivity contribution in [2.75, 3.05) is 4.72 Å². The van der Waals surface area contributed by atoms with E-state index in [-0.39, 0.29) is 10.4 Å². The van der Waals surface area contributed by atoms with Crippen LogP contribution in [0.3, 0.4) is 0 Å². The number of aryl methyl sites for hydroxylation is 1. The van der Waals surface area contributed by atoms with Crippen LogP contribution >= 0.6 is 0 Å². The lowest BCUT2D eigenvalue weighted by molar-refractivity contribution is 0.315. The molecule has 0 aliphatic heterocycles. The van der Waals surface area contributed by atoms with Crippen molar-refractivity contribution in [2.45, 2.75) is 18.2 Å². The first-order valence-corrected chi connectivity index (χ1v) is 7.91. The van der Waals surface area contributed by atoms with Gasteiger partial charge in [-0.2, -0.15) is 0 Å². The van der Waals surface area contributed by atoms with Crippen molar-refractivity contribution in [3.05, 3.63) is 48.0 Å². The quantitative estimate of drug-likeness (QED) is 0.800. The van der Waals surface area contributed by atoms with Crippen LogP contribution in [0.2, 0.25) is 0 Å². The van der Waals surface area contributed by atoms with E-state index in [2.05, 4.69) is 19.7 Å². The highest BCUT2D eigenvalue weighted by Crippen LogP contribution is 2.23. The van der Waals surface area contributed by atoms with Crippen LogP contribution in [0.15, 0.2) is 52.0 Å².